The van der Waals surface area contributed by atoms with E-state index in [0.717, 1.165) is 17.8 Å². The number of anilines is 1. The molecule has 0 aliphatic carbocycles. The molecular weight excluding hydrogens is 288 g/mol. The summed E-state index contributed by atoms with van der Waals surface area (Å²) in [5, 5.41) is 0.640. The molecule has 2 aromatic rings. The summed E-state index contributed by atoms with van der Waals surface area (Å²) in [6.45, 7) is 2.91. The third-order valence-corrected chi connectivity index (χ3v) is 3.76. The van der Waals surface area contributed by atoms with E-state index in [1.807, 2.05) is 37.4 Å². The first-order valence-corrected chi connectivity index (χ1v) is 7.12. The number of nitrogens with zero attached hydrogens (tertiary/aromatic N) is 1. The molecule has 2 N–H and O–H groups in total. The molecular formula is C16H17ClN2S. The quantitative estimate of drug-likeness (QED) is 0.868. The van der Waals surface area contributed by atoms with Gasteiger partial charge in [-0.15, -0.1) is 0 Å². The average molecular weight is 305 g/mol. The van der Waals surface area contributed by atoms with E-state index in [-0.39, 0.29) is 0 Å². The van der Waals surface area contributed by atoms with E-state index in [2.05, 4.69) is 24.0 Å². The van der Waals surface area contributed by atoms with Crippen molar-refractivity contribution in [3.05, 3.63) is 64.2 Å². The van der Waals surface area contributed by atoms with Crippen LogP contribution in [0.4, 0.5) is 5.69 Å². The monoisotopic (exact) mass is 304 g/mol. The van der Waals surface area contributed by atoms with E-state index in [9.17, 15) is 0 Å². The molecule has 0 aliphatic rings. The maximum atomic E-state index is 6.02. The van der Waals surface area contributed by atoms with Gasteiger partial charge in [-0.1, -0.05) is 48.1 Å². The van der Waals surface area contributed by atoms with Crippen LogP contribution < -0.4 is 10.6 Å². The second kappa shape index (κ2) is 6.25. The topological polar surface area (TPSA) is 29.3 Å². The van der Waals surface area contributed by atoms with Crippen LogP contribution in [-0.2, 0) is 6.54 Å². The molecule has 0 saturated carbocycles. The van der Waals surface area contributed by atoms with Crippen LogP contribution in [0.1, 0.15) is 16.7 Å². The van der Waals surface area contributed by atoms with E-state index < -0.39 is 0 Å². The Hall–Kier alpha value is -1.58. The lowest BCUT2D eigenvalue weighted by Crippen LogP contribution is -2.21. The first-order valence-electron chi connectivity index (χ1n) is 6.34. The lowest BCUT2D eigenvalue weighted by atomic mass is 10.1. The molecule has 0 amide bonds. The van der Waals surface area contributed by atoms with Crippen LogP contribution in [0, 0.1) is 6.92 Å². The predicted molar refractivity (Wildman–Crippen MR) is 90.6 cm³/mol. The van der Waals surface area contributed by atoms with E-state index in [0.29, 0.717) is 10.0 Å². The van der Waals surface area contributed by atoms with Crippen molar-refractivity contribution < 1.29 is 0 Å². The van der Waals surface area contributed by atoms with Crippen molar-refractivity contribution in [2.45, 2.75) is 13.5 Å². The number of aryl methyl sites for hydroxylation is 1. The lowest BCUT2D eigenvalue weighted by molar-refractivity contribution is 0.913. The number of nitrogens with two attached hydrogens (primary N) is 1. The average Bonchev–Trinajstić information content (AvgIpc) is 2.41. The molecule has 0 fully saturated rings. The summed E-state index contributed by atoms with van der Waals surface area (Å²) in [6, 6.07) is 13.9. The maximum absolute atomic E-state index is 6.02. The molecule has 0 spiro atoms. The molecule has 20 heavy (non-hydrogen) atoms. The summed E-state index contributed by atoms with van der Waals surface area (Å²) in [7, 11) is 2.03. The van der Waals surface area contributed by atoms with Gasteiger partial charge in [-0.05, 0) is 36.2 Å². The normalized spacial score (nSPS) is 10.3. The summed E-state index contributed by atoms with van der Waals surface area (Å²) in [6.07, 6.45) is 0. The summed E-state index contributed by atoms with van der Waals surface area (Å²) >= 11 is 11.1. The summed E-state index contributed by atoms with van der Waals surface area (Å²) in [4.78, 5) is 2.49. The van der Waals surface area contributed by atoms with Crippen LogP contribution in [0.2, 0.25) is 5.02 Å². The van der Waals surface area contributed by atoms with Crippen molar-refractivity contribution >= 4 is 34.5 Å². The highest BCUT2D eigenvalue weighted by Gasteiger charge is 2.11. The number of hydrogen-bond acceptors (Lipinski definition) is 2. The van der Waals surface area contributed by atoms with Gasteiger partial charge < -0.3 is 10.6 Å². The van der Waals surface area contributed by atoms with Gasteiger partial charge in [-0.3, -0.25) is 0 Å². The van der Waals surface area contributed by atoms with Crippen LogP contribution in [0.15, 0.2) is 42.5 Å². The third kappa shape index (κ3) is 3.30. The fraction of sp³-hybridized carbons (Fsp3) is 0.188. The largest absolute Gasteiger partial charge is 0.389 e. The Morgan fingerprint density at radius 3 is 2.60 bits per heavy atom. The second-order valence-corrected chi connectivity index (χ2v) is 5.68. The Balaban J connectivity index is 2.32. The maximum Gasteiger partial charge on any atom is 0.106 e. The first kappa shape index (κ1) is 14.8. The van der Waals surface area contributed by atoms with Gasteiger partial charge in [-0.25, -0.2) is 0 Å². The number of hydrogen-bond donors (Lipinski definition) is 1. The molecule has 0 radical (unpaired) electrons. The Labute approximate surface area is 130 Å². The summed E-state index contributed by atoms with van der Waals surface area (Å²) < 4.78 is 0. The van der Waals surface area contributed by atoms with Gasteiger partial charge in [0.2, 0.25) is 0 Å². The molecule has 0 heterocycles. The zero-order valence-corrected chi connectivity index (χ0v) is 13.1. The number of benzene rings is 2. The van der Waals surface area contributed by atoms with Gasteiger partial charge >= 0.3 is 0 Å². The van der Waals surface area contributed by atoms with Crippen LogP contribution >= 0.6 is 23.8 Å². The van der Waals surface area contributed by atoms with E-state index >= 15 is 0 Å². The first-order chi connectivity index (χ1) is 9.49. The Morgan fingerprint density at radius 2 is 1.95 bits per heavy atom. The fourth-order valence-corrected chi connectivity index (χ4v) is 2.50. The minimum Gasteiger partial charge on any atom is -0.389 e. The molecule has 2 aromatic carbocycles. The van der Waals surface area contributed by atoms with Crippen molar-refractivity contribution in [1.82, 2.24) is 0 Å². The van der Waals surface area contributed by atoms with Gasteiger partial charge in [0.1, 0.15) is 4.99 Å². The SMILES string of the molecule is Cc1ccccc1CN(C)c1ccc(Cl)cc1C(N)=S. The zero-order chi connectivity index (χ0) is 14.7. The van der Waals surface area contributed by atoms with Crippen molar-refractivity contribution in [2.24, 2.45) is 5.73 Å². The Kier molecular flexibility index (Phi) is 4.63. The van der Waals surface area contributed by atoms with Gasteiger partial charge in [0.05, 0.1) is 0 Å². The zero-order valence-electron chi connectivity index (χ0n) is 11.6. The standard InChI is InChI=1S/C16H17ClN2S/c1-11-5-3-4-6-12(11)10-19(2)15-8-7-13(17)9-14(15)16(18)20/h3-9H,10H2,1-2H3,(H2,18,20). The van der Waals surface area contributed by atoms with Crippen LogP contribution in [-0.4, -0.2) is 12.0 Å². The number of halogens is 1. The highest BCUT2D eigenvalue weighted by molar-refractivity contribution is 7.80. The fourth-order valence-electron chi connectivity index (χ4n) is 2.17. The van der Waals surface area contributed by atoms with Gasteiger partial charge in [0.25, 0.3) is 0 Å². The van der Waals surface area contributed by atoms with Crippen LogP contribution in [0.5, 0.6) is 0 Å². The predicted octanol–water partition coefficient (Wildman–Crippen LogP) is 3.92. The lowest BCUT2D eigenvalue weighted by Gasteiger charge is -2.23. The molecule has 0 unspecified atom stereocenters. The van der Waals surface area contributed by atoms with Crippen LogP contribution in [0.25, 0.3) is 0 Å². The van der Waals surface area contributed by atoms with Gasteiger partial charge in [0.15, 0.2) is 0 Å². The highest BCUT2D eigenvalue weighted by atomic mass is 35.5. The van der Waals surface area contributed by atoms with Crippen LogP contribution in [0.3, 0.4) is 0 Å². The Bertz CT molecular complexity index is 640. The molecule has 104 valence electrons. The number of rotatable bonds is 4. The van der Waals surface area contributed by atoms with E-state index in [1.165, 1.54) is 11.1 Å². The molecule has 2 nitrogen and oxygen atoms in total. The number of thiocarbonyl (C=S) groups is 1. The Morgan fingerprint density at radius 1 is 1.25 bits per heavy atom. The minimum absolute atomic E-state index is 0.360. The van der Waals surface area contributed by atoms with Crippen molar-refractivity contribution in [3.8, 4) is 0 Å². The molecule has 0 aliphatic heterocycles. The molecule has 0 atom stereocenters. The molecule has 0 aromatic heterocycles. The molecule has 2 rings (SSSR count). The van der Waals surface area contributed by atoms with Gasteiger partial charge in [-0.2, -0.15) is 0 Å². The second-order valence-electron chi connectivity index (χ2n) is 4.81. The molecule has 4 heteroatoms. The summed E-state index contributed by atoms with van der Waals surface area (Å²) in [5.41, 5.74) is 10.1. The van der Waals surface area contributed by atoms with Crippen molar-refractivity contribution in [3.63, 3.8) is 0 Å². The van der Waals surface area contributed by atoms with Gasteiger partial charge in [0, 0.05) is 29.9 Å². The molecule has 0 bridgehead atoms. The third-order valence-electron chi connectivity index (χ3n) is 3.30. The van der Waals surface area contributed by atoms with Crippen molar-refractivity contribution in [1.29, 1.82) is 0 Å². The van der Waals surface area contributed by atoms with E-state index in [4.69, 9.17) is 29.6 Å². The summed E-state index contributed by atoms with van der Waals surface area (Å²) in [5.74, 6) is 0. The van der Waals surface area contributed by atoms with Crippen molar-refractivity contribution in [2.75, 3.05) is 11.9 Å². The molecule has 0 saturated heterocycles. The minimum atomic E-state index is 0.360. The van der Waals surface area contributed by atoms with E-state index in [1.54, 1.807) is 0 Å². The highest BCUT2D eigenvalue weighted by Crippen LogP contribution is 2.25. The smallest absolute Gasteiger partial charge is 0.106 e.